The van der Waals surface area contributed by atoms with Gasteiger partial charge >= 0.3 is 0 Å². The molecule has 3 aromatic rings. The molecular weight excluding hydrogens is 366 g/mol. The first kappa shape index (κ1) is 17.9. The minimum atomic E-state index is -0.487. The molecule has 0 bridgehead atoms. The summed E-state index contributed by atoms with van der Waals surface area (Å²) in [6, 6.07) is 17.9. The molecule has 2 atom stereocenters. The van der Waals surface area contributed by atoms with Crippen LogP contribution in [0.15, 0.2) is 54.6 Å². The molecule has 0 amide bonds. The van der Waals surface area contributed by atoms with Gasteiger partial charge < -0.3 is 19.5 Å². The zero-order valence-electron chi connectivity index (χ0n) is 16.3. The van der Waals surface area contributed by atoms with E-state index < -0.39 is 6.10 Å². The highest BCUT2D eigenvalue weighted by Gasteiger charge is 2.31. The Hall–Kier alpha value is -3.12. The summed E-state index contributed by atoms with van der Waals surface area (Å²) >= 11 is 0. The third kappa shape index (κ3) is 3.51. The van der Waals surface area contributed by atoms with Crippen LogP contribution in [0, 0.1) is 6.92 Å². The van der Waals surface area contributed by atoms with Gasteiger partial charge in [0.1, 0.15) is 5.82 Å². The lowest BCUT2D eigenvalue weighted by Crippen LogP contribution is -2.43. The van der Waals surface area contributed by atoms with Crippen LogP contribution in [0.5, 0.6) is 11.5 Å². The highest BCUT2D eigenvalue weighted by Crippen LogP contribution is 2.38. The smallest absolute Gasteiger partial charge is 0.231 e. The number of fused-ring (bicyclic) bond motifs is 1. The van der Waals surface area contributed by atoms with Crippen LogP contribution in [0.4, 0.5) is 5.82 Å². The molecule has 148 valence electrons. The van der Waals surface area contributed by atoms with Crippen molar-refractivity contribution in [2.24, 2.45) is 0 Å². The topological polar surface area (TPSA) is 67.7 Å². The first-order chi connectivity index (χ1) is 14.2. The Morgan fingerprint density at radius 2 is 1.83 bits per heavy atom. The van der Waals surface area contributed by atoms with Gasteiger partial charge in [-0.15, -0.1) is 0 Å². The number of rotatable bonds is 3. The van der Waals surface area contributed by atoms with Crippen molar-refractivity contribution in [1.29, 1.82) is 0 Å². The number of hydrogen-bond donors (Lipinski definition) is 1. The van der Waals surface area contributed by atoms with Gasteiger partial charge in [-0.2, -0.15) is 0 Å². The van der Waals surface area contributed by atoms with Gasteiger partial charge in [0.05, 0.1) is 6.10 Å². The molecular formula is C23H23N3O3. The Morgan fingerprint density at radius 1 is 1.00 bits per heavy atom. The number of piperidine rings is 1. The highest BCUT2D eigenvalue weighted by molar-refractivity contribution is 5.58. The summed E-state index contributed by atoms with van der Waals surface area (Å²) in [6.07, 6.45) is 0.351. The Morgan fingerprint density at radius 3 is 2.66 bits per heavy atom. The molecule has 0 radical (unpaired) electrons. The van der Waals surface area contributed by atoms with Crippen LogP contribution in [-0.2, 0) is 0 Å². The van der Waals surface area contributed by atoms with Gasteiger partial charge in [-0.1, -0.05) is 36.4 Å². The Bertz CT molecular complexity index is 1030. The summed E-state index contributed by atoms with van der Waals surface area (Å²) in [6.45, 7) is 3.59. The summed E-state index contributed by atoms with van der Waals surface area (Å²) in [4.78, 5) is 11.5. The van der Waals surface area contributed by atoms with Crippen LogP contribution in [0.2, 0.25) is 0 Å². The number of anilines is 1. The fourth-order valence-corrected chi connectivity index (χ4v) is 4.10. The van der Waals surface area contributed by atoms with E-state index >= 15 is 0 Å². The minimum Gasteiger partial charge on any atom is -0.454 e. The Kier molecular flexibility index (Phi) is 4.56. The van der Waals surface area contributed by atoms with Gasteiger partial charge in [-0.05, 0) is 31.0 Å². The molecule has 3 heterocycles. The average Bonchev–Trinajstić information content (AvgIpc) is 3.22. The molecule has 6 heteroatoms. The molecule has 1 saturated heterocycles. The van der Waals surface area contributed by atoms with E-state index in [0.717, 1.165) is 47.1 Å². The van der Waals surface area contributed by atoms with Crippen LogP contribution in [0.1, 0.15) is 23.6 Å². The highest BCUT2D eigenvalue weighted by atomic mass is 16.7. The van der Waals surface area contributed by atoms with Gasteiger partial charge in [0.15, 0.2) is 17.3 Å². The number of aryl methyl sites for hydroxylation is 1. The van der Waals surface area contributed by atoms with Crippen LogP contribution in [0.3, 0.4) is 0 Å². The van der Waals surface area contributed by atoms with Crippen molar-refractivity contribution in [3.63, 3.8) is 0 Å². The van der Waals surface area contributed by atoms with Crippen molar-refractivity contribution in [2.45, 2.75) is 25.4 Å². The molecule has 29 heavy (non-hydrogen) atoms. The van der Waals surface area contributed by atoms with Gasteiger partial charge in [-0.25, -0.2) is 9.97 Å². The quantitative estimate of drug-likeness (QED) is 0.739. The second kappa shape index (κ2) is 7.37. The molecule has 0 saturated carbocycles. The first-order valence-electron chi connectivity index (χ1n) is 9.91. The Balaban J connectivity index is 1.36. The molecule has 2 aliphatic rings. The van der Waals surface area contributed by atoms with Crippen molar-refractivity contribution in [3.8, 4) is 22.9 Å². The average molecular weight is 389 g/mol. The van der Waals surface area contributed by atoms with Crippen molar-refractivity contribution < 1.29 is 14.6 Å². The number of hydrogen-bond acceptors (Lipinski definition) is 6. The molecule has 5 rings (SSSR count). The number of aliphatic hydroxyl groups is 1. The van der Waals surface area contributed by atoms with Crippen molar-refractivity contribution in [2.75, 3.05) is 24.8 Å². The van der Waals surface area contributed by atoms with E-state index in [1.807, 2.05) is 61.5 Å². The largest absolute Gasteiger partial charge is 0.454 e. The van der Waals surface area contributed by atoms with E-state index in [0.29, 0.717) is 12.4 Å². The number of aliphatic hydroxyl groups excluding tert-OH is 1. The summed E-state index contributed by atoms with van der Waals surface area (Å²) < 4.78 is 10.9. The zero-order chi connectivity index (χ0) is 19.8. The van der Waals surface area contributed by atoms with Crippen LogP contribution in [-0.4, -0.2) is 41.1 Å². The molecule has 1 aromatic heterocycles. The van der Waals surface area contributed by atoms with Crippen molar-refractivity contribution in [3.05, 3.63) is 65.9 Å². The lowest BCUT2D eigenvalue weighted by Gasteiger charge is -2.37. The summed E-state index contributed by atoms with van der Waals surface area (Å²) in [7, 11) is 0. The van der Waals surface area contributed by atoms with Crippen LogP contribution >= 0.6 is 0 Å². The van der Waals surface area contributed by atoms with Crippen molar-refractivity contribution in [1.82, 2.24) is 9.97 Å². The molecule has 0 spiro atoms. The van der Waals surface area contributed by atoms with Gasteiger partial charge in [0, 0.05) is 36.3 Å². The van der Waals surface area contributed by atoms with Crippen molar-refractivity contribution >= 4 is 5.82 Å². The van der Waals surface area contributed by atoms with E-state index in [-0.39, 0.29) is 12.7 Å². The molecule has 2 aromatic carbocycles. The summed E-state index contributed by atoms with van der Waals surface area (Å²) in [5.41, 5.74) is 3.00. The van der Waals surface area contributed by atoms with E-state index in [9.17, 15) is 5.11 Å². The van der Waals surface area contributed by atoms with Crippen LogP contribution < -0.4 is 14.4 Å². The van der Waals surface area contributed by atoms with Gasteiger partial charge in [0.25, 0.3) is 0 Å². The maximum Gasteiger partial charge on any atom is 0.231 e. The summed E-state index contributed by atoms with van der Waals surface area (Å²) in [5.74, 6) is 3.17. The fraction of sp³-hybridized carbons (Fsp3) is 0.304. The maximum absolute atomic E-state index is 10.9. The van der Waals surface area contributed by atoms with E-state index in [1.54, 1.807) is 0 Å². The zero-order valence-corrected chi connectivity index (χ0v) is 16.3. The second-order valence-corrected chi connectivity index (χ2v) is 7.58. The molecule has 0 aliphatic carbocycles. The molecule has 0 unspecified atom stereocenters. The third-order valence-electron chi connectivity index (χ3n) is 5.60. The van der Waals surface area contributed by atoms with E-state index in [2.05, 4.69) is 9.88 Å². The lowest BCUT2D eigenvalue weighted by molar-refractivity contribution is 0.129. The maximum atomic E-state index is 10.9. The predicted octanol–water partition coefficient (Wildman–Crippen LogP) is 3.54. The number of β-amino-alcohol motifs (C(OH)–C–C–N with tert-alkyl or cyclic N) is 1. The minimum absolute atomic E-state index is 0.0669. The summed E-state index contributed by atoms with van der Waals surface area (Å²) in [5, 5.41) is 10.9. The van der Waals surface area contributed by atoms with E-state index in [4.69, 9.17) is 14.5 Å². The third-order valence-corrected chi connectivity index (χ3v) is 5.60. The fourth-order valence-electron chi connectivity index (χ4n) is 4.10. The predicted molar refractivity (Wildman–Crippen MR) is 110 cm³/mol. The lowest BCUT2D eigenvalue weighted by atomic mass is 9.87. The molecule has 1 fully saturated rings. The first-order valence-corrected chi connectivity index (χ1v) is 9.91. The standard InChI is InChI=1S/C23H23N3O3/c1-15-11-22(25-23(24-15)16-5-3-2-4-6-16)26-10-9-18(19(27)13-26)17-7-8-20-21(12-17)29-14-28-20/h2-8,11-12,18-19,27H,9-10,13-14H2,1H3/t18-,19+/m1/s1. The monoisotopic (exact) mass is 389 g/mol. The van der Waals surface area contributed by atoms with Gasteiger partial charge in [0.2, 0.25) is 6.79 Å². The SMILES string of the molecule is Cc1cc(N2CC[C@H](c3ccc4c(c3)OCO4)[C@@H](O)C2)nc(-c2ccccc2)n1. The second-order valence-electron chi connectivity index (χ2n) is 7.58. The van der Waals surface area contributed by atoms with Crippen LogP contribution in [0.25, 0.3) is 11.4 Å². The van der Waals surface area contributed by atoms with Gasteiger partial charge in [-0.3, -0.25) is 0 Å². The van der Waals surface area contributed by atoms with E-state index in [1.165, 1.54) is 0 Å². The number of aromatic nitrogens is 2. The normalized spacial score (nSPS) is 20.7. The Labute approximate surface area is 169 Å². The number of benzene rings is 2. The number of ether oxygens (including phenoxy) is 2. The molecule has 2 aliphatic heterocycles. The molecule has 6 nitrogen and oxygen atoms in total. The number of nitrogens with zero attached hydrogens (tertiary/aromatic N) is 3. The molecule has 1 N–H and O–H groups in total.